The Morgan fingerprint density at radius 1 is 1.13 bits per heavy atom. The van der Waals surface area contributed by atoms with Crippen LogP contribution in [0.2, 0.25) is 0 Å². The zero-order valence-electron chi connectivity index (χ0n) is 15.4. The van der Waals surface area contributed by atoms with E-state index >= 15 is 0 Å². The number of alkyl halides is 3. The highest BCUT2D eigenvalue weighted by Gasteiger charge is 2.30. The van der Waals surface area contributed by atoms with Crippen LogP contribution >= 0.6 is 24.0 Å². The Kier molecular flexibility index (Phi) is 8.03. The molecule has 3 N–H and O–H groups in total. The number of hydrogen-bond acceptors (Lipinski definition) is 3. The van der Waals surface area contributed by atoms with Crippen LogP contribution in [-0.4, -0.2) is 21.9 Å². The first-order valence-electron chi connectivity index (χ1n) is 8.45. The monoisotopic (exact) mass is 535 g/mol. The lowest BCUT2D eigenvalue weighted by molar-refractivity contribution is -0.274. The van der Waals surface area contributed by atoms with E-state index in [-0.39, 0.29) is 48.8 Å². The minimum Gasteiger partial charge on any atom is -0.406 e. The van der Waals surface area contributed by atoms with Gasteiger partial charge in [0.2, 0.25) is 0 Å². The first-order valence-corrected chi connectivity index (χ1v) is 8.45. The molecule has 0 aliphatic rings. The molecular weight excluding hydrogens is 517 g/mol. The van der Waals surface area contributed by atoms with Crippen molar-refractivity contribution >= 4 is 29.9 Å². The summed E-state index contributed by atoms with van der Waals surface area (Å²) in [4.78, 5) is 8.01. The zero-order chi connectivity index (χ0) is 20.9. The highest BCUT2D eigenvalue weighted by Crippen LogP contribution is 2.22. The smallest absolute Gasteiger partial charge is 0.406 e. The zero-order valence-corrected chi connectivity index (χ0v) is 17.8. The second kappa shape index (κ2) is 10.3. The summed E-state index contributed by atoms with van der Waals surface area (Å²) >= 11 is 0. The number of nitrogens with two attached hydrogens (primary N) is 1. The third-order valence-corrected chi connectivity index (χ3v) is 3.86. The quantitative estimate of drug-likeness (QED) is 0.216. The Labute approximate surface area is 186 Å². The number of nitrogens with one attached hydrogen (secondary N) is 1. The average Bonchev–Trinajstić information content (AvgIpc) is 3.19. The standard InChI is InChI=1S/C19H17F4N5O.HI/c20-16-9-14(3-6-17(16)28-8-7-25-12-28)11-27-18(24)26-10-13-1-4-15(5-2-13)29-19(21,22)23;/h1-9,12H,10-11H2,(H3,24,26,27);1H. The molecule has 0 aliphatic carbocycles. The van der Waals surface area contributed by atoms with Gasteiger partial charge in [-0.1, -0.05) is 18.2 Å². The first-order chi connectivity index (χ1) is 13.8. The van der Waals surface area contributed by atoms with E-state index in [2.05, 4.69) is 20.0 Å². The number of benzene rings is 2. The Balaban J connectivity index is 0.00000320. The van der Waals surface area contributed by atoms with Crippen LogP contribution < -0.4 is 15.8 Å². The summed E-state index contributed by atoms with van der Waals surface area (Å²) in [6.45, 7) is 0.424. The maximum Gasteiger partial charge on any atom is 0.573 e. The maximum absolute atomic E-state index is 14.2. The van der Waals surface area contributed by atoms with Gasteiger partial charge in [-0.3, -0.25) is 0 Å². The summed E-state index contributed by atoms with van der Waals surface area (Å²) in [5.41, 5.74) is 7.48. The van der Waals surface area contributed by atoms with E-state index in [1.54, 1.807) is 29.1 Å². The number of aliphatic imine (C=N–C) groups is 1. The molecule has 0 fully saturated rings. The molecule has 0 amide bonds. The van der Waals surface area contributed by atoms with Gasteiger partial charge in [0, 0.05) is 18.9 Å². The van der Waals surface area contributed by atoms with E-state index in [0.29, 0.717) is 16.8 Å². The lowest BCUT2D eigenvalue weighted by Crippen LogP contribution is -2.31. The molecule has 0 atom stereocenters. The van der Waals surface area contributed by atoms with Crippen LogP contribution in [0.1, 0.15) is 11.1 Å². The van der Waals surface area contributed by atoms with Gasteiger partial charge in [-0.25, -0.2) is 14.4 Å². The average molecular weight is 535 g/mol. The summed E-state index contributed by atoms with van der Waals surface area (Å²) < 4.78 is 56.0. The SMILES string of the molecule is I.NC(=NCc1ccc(-n2ccnc2)c(F)c1)NCc1ccc(OC(F)(F)F)cc1. The Morgan fingerprint density at radius 2 is 1.83 bits per heavy atom. The number of guanidine groups is 1. The molecule has 3 aromatic rings. The largest absolute Gasteiger partial charge is 0.573 e. The van der Waals surface area contributed by atoms with Gasteiger partial charge in [0.15, 0.2) is 5.96 Å². The topological polar surface area (TPSA) is 77.5 Å². The Bertz CT molecular complexity index is 976. The van der Waals surface area contributed by atoms with Crippen LogP contribution in [0.4, 0.5) is 17.6 Å². The molecule has 11 heteroatoms. The minimum atomic E-state index is -4.73. The van der Waals surface area contributed by atoms with Gasteiger partial charge in [0.1, 0.15) is 11.6 Å². The van der Waals surface area contributed by atoms with Crippen molar-refractivity contribution in [1.82, 2.24) is 14.9 Å². The van der Waals surface area contributed by atoms with Crippen LogP contribution in [0.25, 0.3) is 5.69 Å². The van der Waals surface area contributed by atoms with Gasteiger partial charge < -0.3 is 20.4 Å². The molecule has 6 nitrogen and oxygen atoms in total. The fourth-order valence-electron chi connectivity index (χ4n) is 2.49. The molecule has 2 aromatic carbocycles. The summed E-state index contributed by atoms with van der Waals surface area (Å²) in [5.74, 6) is -0.591. The van der Waals surface area contributed by atoms with E-state index in [1.807, 2.05) is 0 Å². The van der Waals surface area contributed by atoms with Gasteiger partial charge in [-0.2, -0.15) is 0 Å². The first kappa shape index (κ1) is 23.4. The lowest BCUT2D eigenvalue weighted by Gasteiger charge is -2.10. The van der Waals surface area contributed by atoms with Gasteiger partial charge in [0.25, 0.3) is 0 Å². The molecule has 160 valence electrons. The fourth-order valence-corrected chi connectivity index (χ4v) is 2.49. The van der Waals surface area contributed by atoms with E-state index in [4.69, 9.17) is 5.73 Å². The number of imidazole rings is 1. The maximum atomic E-state index is 14.2. The van der Waals surface area contributed by atoms with Crippen molar-refractivity contribution in [2.45, 2.75) is 19.5 Å². The van der Waals surface area contributed by atoms with Crippen molar-refractivity contribution in [2.24, 2.45) is 10.7 Å². The second-order valence-corrected chi connectivity index (χ2v) is 6.00. The number of nitrogens with zero attached hydrogens (tertiary/aromatic N) is 3. The summed E-state index contributed by atoms with van der Waals surface area (Å²) in [6, 6.07) is 10.1. The Hall–Kier alpha value is -2.83. The third kappa shape index (κ3) is 6.90. The van der Waals surface area contributed by atoms with Gasteiger partial charge in [-0.05, 0) is 35.4 Å². The van der Waals surface area contributed by atoms with Gasteiger partial charge in [0.05, 0.1) is 18.6 Å². The van der Waals surface area contributed by atoms with Crippen LogP contribution in [-0.2, 0) is 13.1 Å². The number of rotatable bonds is 6. The molecule has 1 heterocycles. The van der Waals surface area contributed by atoms with Gasteiger partial charge >= 0.3 is 6.36 Å². The molecule has 0 saturated carbocycles. The van der Waals surface area contributed by atoms with Gasteiger partial charge in [-0.15, -0.1) is 37.1 Å². The molecule has 0 unspecified atom stereocenters. The van der Waals surface area contributed by atoms with E-state index in [9.17, 15) is 17.6 Å². The third-order valence-electron chi connectivity index (χ3n) is 3.86. The van der Waals surface area contributed by atoms with Crippen molar-refractivity contribution in [3.8, 4) is 11.4 Å². The minimum absolute atomic E-state index is 0. The highest BCUT2D eigenvalue weighted by molar-refractivity contribution is 14.0. The molecule has 0 bridgehead atoms. The number of aromatic nitrogens is 2. The van der Waals surface area contributed by atoms with Crippen molar-refractivity contribution in [1.29, 1.82) is 0 Å². The van der Waals surface area contributed by atoms with E-state index in [0.717, 1.165) is 0 Å². The van der Waals surface area contributed by atoms with Crippen LogP contribution in [0.3, 0.4) is 0 Å². The normalized spacial score (nSPS) is 11.7. The summed E-state index contributed by atoms with van der Waals surface area (Å²) in [5, 5.41) is 2.84. The lowest BCUT2D eigenvalue weighted by atomic mass is 10.2. The van der Waals surface area contributed by atoms with E-state index < -0.39 is 12.2 Å². The summed E-state index contributed by atoms with van der Waals surface area (Å²) in [6.07, 6.45) is -0.0337. The number of hydrogen-bond donors (Lipinski definition) is 2. The van der Waals surface area contributed by atoms with Crippen molar-refractivity contribution in [2.75, 3.05) is 0 Å². The van der Waals surface area contributed by atoms with Crippen molar-refractivity contribution in [3.63, 3.8) is 0 Å². The number of ether oxygens (including phenoxy) is 1. The molecular formula is C19H18F4IN5O. The molecule has 1 aromatic heterocycles. The second-order valence-electron chi connectivity index (χ2n) is 6.00. The van der Waals surface area contributed by atoms with Crippen molar-refractivity contribution < 1.29 is 22.3 Å². The van der Waals surface area contributed by atoms with Crippen molar-refractivity contribution in [3.05, 3.63) is 78.1 Å². The molecule has 30 heavy (non-hydrogen) atoms. The highest BCUT2D eigenvalue weighted by atomic mass is 127. The van der Waals surface area contributed by atoms with Crippen LogP contribution in [0.5, 0.6) is 5.75 Å². The molecule has 0 aliphatic heterocycles. The molecule has 0 saturated heterocycles. The molecule has 3 rings (SSSR count). The molecule has 0 spiro atoms. The molecule has 0 radical (unpaired) electrons. The summed E-state index contributed by atoms with van der Waals surface area (Å²) in [7, 11) is 0. The number of halogens is 5. The van der Waals surface area contributed by atoms with E-state index in [1.165, 1.54) is 36.7 Å². The predicted molar refractivity (Wildman–Crippen MR) is 114 cm³/mol. The fraction of sp³-hybridized carbons (Fsp3) is 0.158. The van der Waals surface area contributed by atoms with Crippen LogP contribution in [0.15, 0.2) is 66.2 Å². The Morgan fingerprint density at radius 3 is 2.43 bits per heavy atom. The van der Waals surface area contributed by atoms with Crippen LogP contribution in [0, 0.1) is 5.82 Å². The predicted octanol–water partition coefficient (Wildman–Crippen LogP) is 4.13.